The van der Waals surface area contributed by atoms with E-state index < -0.39 is 0 Å². The Hall–Kier alpha value is -0.800. The molecule has 0 amide bonds. The maximum Gasteiger partial charge on any atom is 0.137 e. The molecule has 1 aliphatic heterocycles. The molecule has 0 spiro atoms. The lowest BCUT2D eigenvalue weighted by Crippen LogP contribution is -2.23. The van der Waals surface area contributed by atoms with E-state index in [0.29, 0.717) is 11.2 Å². The molecule has 1 unspecified atom stereocenters. The highest BCUT2D eigenvalue weighted by Crippen LogP contribution is 2.14. The van der Waals surface area contributed by atoms with Gasteiger partial charge in [0.1, 0.15) is 10.9 Å². The van der Waals surface area contributed by atoms with Crippen molar-refractivity contribution in [2.45, 2.75) is 25.3 Å². The molecule has 0 radical (unpaired) electrons. The Bertz CT molecular complexity index is 296. The summed E-state index contributed by atoms with van der Waals surface area (Å²) in [6, 6.07) is 4.22. The fourth-order valence-electron chi connectivity index (χ4n) is 1.77. The van der Waals surface area contributed by atoms with E-state index >= 15 is 0 Å². The van der Waals surface area contributed by atoms with E-state index in [1.807, 2.05) is 6.07 Å². The molecule has 1 N–H and O–H groups in total. The maximum absolute atomic E-state index is 5.67. The largest absolute Gasteiger partial charge is 0.492 e. The van der Waals surface area contributed by atoms with Crippen LogP contribution in [0.2, 0.25) is 5.15 Å². The average Bonchev–Trinajstić information content (AvgIpc) is 2.74. The van der Waals surface area contributed by atoms with Crippen LogP contribution in [0.5, 0.6) is 5.75 Å². The second kappa shape index (κ2) is 5.33. The van der Waals surface area contributed by atoms with E-state index in [4.69, 9.17) is 16.3 Å². The molecule has 2 rings (SSSR count). The lowest BCUT2D eigenvalue weighted by atomic mass is 10.2. The number of hydrogen-bond donors (Lipinski definition) is 1. The molecule has 1 fully saturated rings. The van der Waals surface area contributed by atoms with Crippen molar-refractivity contribution in [2.75, 3.05) is 13.2 Å². The Morgan fingerprint density at radius 1 is 1.53 bits per heavy atom. The van der Waals surface area contributed by atoms with Gasteiger partial charge in [0, 0.05) is 6.04 Å². The summed E-state index contributed by atoms with van der Waals surface area (Å²) in [7, 11) is 0. The Labute approximate surface area is 94.8 Å². The molecule has 0 aliphatic carbocycles. The molecule has 1 aliphatic rings. The van der Waals surface area contributed by atoms with Crippen LogP contribution in [0.4, 0.5) is 0 Å². The first kappa shape index (κ1) is 10.7. The van der Waals surface area contributed by atoms with E-state index in [0.717, 1.165) is 25.3 Å². The molecule has 82 valence electrons. The van der Waals surface area contributed by atoms with Crippen molar-refractivity contribution in [3.8, 4) is 5.75 Å². The lowest BCUT2D eigenvalue weighted by molar-refractivity contribution is 0.291. The summed E-state index contributed by atoms with van der Waals surface area (Å²) in [6.45, 7) is 1.88. The van der Waals surface area contributed by atoms with E-state index in [9.17, 15) is 0 Å². The number of hydrogen-bond acceptors (Lipinski definition) is 3. The lowest BCUT2D eigenvalue weighted by Gasteiger charge is -2.10. The van der Waals surface area contributed by atoms with E-state index in [1.165, 1.54) is 12.8 Å². The first-order valence-corrected chi connectivity index (χ1v) is 5.70. The quantitative estimate of drug-likeness (QED) is 0.800. The SMILES string of the molecule is Clc1ccc(OCCC2CCCN2)cn1. The summed E-state index contributed by atoms with van der Waals surface area (Å²) in [5.41, 5.74) is 0. The van der Waals surface area contributed by atoms with Crippen molar-refractivity contribution >= 4 is 11.6 Å². The van der Waals surface area contributed by atoms with Crippen LogP contribution in [0, 0.1) is 0 Å². The van der Waals surface area contributed by atoms with E-state index in [2.05, 4.69) is 10.3 Å². The third-order valence-electron chi connectivity index (χ3n) is 2.60. The van der Waals surface area contributed by atoms with Gasteiger partial charge in [-0.25, -0.2) is 4.98 Å². The topological polar surface area (TPSA) is 34.1 Å². The third kappa shape index (κ3) is 3.36. The van der Waals surface area contributed by atoms with Gasteiger partial charge in [0.2, 0.25) is 0 Å². The Morgan fingerprint density at radius 2 is 2.47 bits per heavy atom. The molecule has 3 nitrogen and oxygen atoms in total. The van der Waals surface area contributed by atoms with Gasteiger partial charge in [0.05, 0.1) is 12.8 Å². The number of ether oxygens (including phenoxy) is 1. The van der Waals surface area contributed by atoms with Crippen LogP contribution in [-0.2, 0) is 0 Å². The summed E-state index contributed by atoms with van der Waals surface area (Å²) < 4.78 is 5.56. The normalized spacial score (nSPS) is 20.5. The first-order chi connectivity index (χ1) is 7.34. The van der Waals surface area contributed by atoms with E-state index in [1.54, 1.807) is 12.3 Å². The molecule has 1 saturated heterocycles. The van der Waals surface area contributed by atoms with Crippen LogP contribution in [0.3, 0.4) is 0 Å². The molecule has 0 saturated carbocycles. The Morgan fingerprint density at radius 3 is 3.13 bits per heavy atom. The fourth-order valence-corrected chi connectivity index (χ4v) is 1.88. The second-order valence-electron chi connectivity index (χ2n) is 3.75. The minimum absolute atomic E-state index is 0.500. The van der Waals surface area contributed by atoms with Crippen LogP contribution in [0.15, 0.2) is 18.3 Å². The standard InChI is InChI=1S/C11H15ClN2O/c12-11-4-3-10(8-14-11)15-7-5-9-2-1-6-13-9/h3-4,8-9,13H,1-2,5-7H2. The Balaban J connectivity index is 1.71. The number of pyridine rings is 1. The minimum Gasteiger partial charge on any atom is -0.492 e. The highest BCUT2D eigenvalue weighted by atomic mass is 35.5. The predicted octanol–water partition coefficient (Wildman–Crippen LogP) is 2.26. The number of halogens is 1. The van der Waals surface area contributed by atoms with Crippen LogP contribution in [-0.4, -0.2) is 24.2 Å². The van der Waals surface area contributed by atoms with Gasteiger partial charge in [-0.2, -0.15) is 0 Å². The summed E-state index contributed by atoms with van der Waals surface area (Å²) >= 11 is 5.67. The zero-order chi connectivity index (χ0) is 10.5. The number of rotatable bonds is 4. The smallest absolute Gasteiger partial charge is 0.137 e. The van der Waals surface area contributed by atoms with Gasteiger partial charge in [0.15, 0.2) is 0 Å². The zero-order valence-electron chi connectivity index (χ0n) is 8.58. The molecule has 1 aromatic rings. The average molecular weight is 227 g/mol. The van der Waals surface area contributed by atoms with Crippen LogP contribution < -0.4 is 10.1 Å². The van der Waals surface area contributed by atoms with Gasteiger partial charge in [-0.15, -0.1) is 0 Å². The molecule has 15 heavy (non-hydrogen) atoms. The summed E-state index contributed by atoms with van der Waals surface area (Å²) in [6.07, 6.45) is 5.27. The molecular weight excluding hydrogens is 212 g/mol. The summed E-state index contributed by atoms with van der Waals surface area (Å²) in [4.78, 5) is 3.95. The highest BCUT2D eigenvalue weighted by Gasteiger charge is 2.13. The molecule has 4 heteroatoms. The minimum atomic E-state index is 0.500. The zero-order valence-corrected chi connectivity index (χ0v) is 9.33. The van der Waals surface area contributed by atoms with Gasteiger partial charge < -0.3 is 10.1 Å². The second-order valence-corrected chi connectivity index (χ2v) is 4.13. The molecule has 0 aromatic carbocycles. The monoisotopic (exact) mass is 226 g/mol. The third-order valence-corrected chi connectivity index (χ3v) is 2.82. The van der Waals surface area contributed by atoms with E-state index in [-0.39, 0.29) is 0 Å². The predicted molar refractivity (Wildman–Crippen MR) is 60.4 cm³/mol. The fraction of sp³-hybridized carbons (Fsp3) is 0.545. The number of nitrogens with one attached hydrogen (secondary N) is 1. The van der Waals surface area contributed by atoms with Crippen molar-refractivity contribution in [2.24, 2.45) is 0 Å². The van der Waals surface area contributed by atoms with Crippen LogP contribution >= 0.6 is 11.6 Å². The van der Waals surface area contributed by atoms with Crippen molar-refractivity contribution in [1.29, 1.82) is 0 Å². The van der Waals surface area contributed by atoms with Crippen molar-refractivity contribution in [3.05, 3.63) is 23.5 Å². The number of nitrogens with zero attached hydrogens (tertiary/aromatic N) is 1. The summed E-state index contributed by atoms with van der Waals surface area (Å²) in [5, 5.41) is 3.94. The highest BCUT2D eigenvalue weighted by molar-refractivity contribution is 6.29. The summed E-state index contributed by atoms with van der Waals surface area (Å²) in [5.74, 6) is 0.789. The van der Waals surface area contributed by atoms with Crippen molar-refractivity contribution in [3.63, 3.8) is 0 Å². The molecular formula is C11H15ClN2O. The van der Waals surface area contributed by atoms with Crippen molar-refractivity contribution < 1.29 is 4.74 Å². The molecule has 0 bridgehead atoms. The van der Waals surface area contributed by atoms with Crippen LogP contribution in [0.25, 0.3) is 0 Å². The molecule has 1 aromatic heterocycles. The van der Waals surface area contributed by atoms with Gasteiger partial charge in [0.25, 0.3) is 0 Å². The number of aromatic nitrogens is 1. The first-order valence-electron chi connectivity index (χ1n) is 5.32. The maximum atomic E-state index is 5.67. The van der Waals surface area contributed by atoms with Gasteiger partial charge in [-0.1, -0.05) is 11.6 Å². The van der Waals surface area contributed by atoms with Crippen molar-refractivity contribution in [1.82, 2.24) is 10.3 Å². The van der Waals surface area contributed by atoms with Gasteiger partial charge in [-0.3, -0.25) is 0 Å². The van der Waals surface area contributed by atoms with Gasteiger partial charge in [-0.05, 0) is 37.9 Å². The molecule has 2 heterocycles. The van der Waals surface area contributed by atoms with Gasteiger partial charge >= 0.3 is 0 Å². The van der Waals surface area contributed by atoms with Crippen LogP contribution in [0.1, 0.15) is 19.3 Å². The molecule has 1 atom stereocenters. The Kier molecular flexibility index (Phi) is 3.80.